The Hall–Kier alpha value is -1.72. The van der Waals surface area contributed by atoms with E-state index in [1.807, 2.05) is 0 Å². The molecule has 1 aromatic rings. The van der Waals surface area contributed by atoms with Crippen LogP contribution in [0.25, 0.3) is 0 Å². The average molecular weight is 260 g/mol. The molecule has 1 aromatic carbocycles. The third kappa shape index (κ3) is 2.94. The average Bonchev–Trinajstić information content (AvgIpc) is 2.29. The molecule has 1 amide bonds. The van der Waals surface area contributed by atoms with Gasteiger partial charge in [0.2, 0.25) is 5.91 Å². The van der Waals surface area contributed by atoms with Crippen LogP contribution in [0, 0.1) is 0 Å². The van der Waals surface area contributed by atoms with Crippen molar-refractivity contribution in [3.05, 3.63) is 29.3 Å². The highest BCUT2D eigenvalue weighted by Crippen LogP contribution is 2.37. The Bertz CT molecular complexity index is 439. The number of rotatable bonds is 4. The molecule has 1 rings (SSSR count). The summed E-state index contributed by atoms with van der Waals surface area (Å²) in [5.74, 6) is -0.869. The van der Waals surface area contributed by atoms with Crippen molar-refractivity contribution in [3.8, 4) is 0 Å². The van der Waals surface area contributed by atoms with E-state index in [2.05, 4.69) is 0 Å². The van der Waals surface area contributed by atoms with Crippen LogP contribution in [-0.2, 0) is 6.18 Å². The minimum Gasteiger partial charge on any atom is -0.372 e. The fraction of sp³-hybridized carbons (Fsp3) is 0.417. The highest BCUT2D eigenvalue weighted by atomic mass is 19.4. The van der Waals surface area contributed by atoms with Crippen LogP contribution in [0.15, 0.2) is 18.2 Å². The molecular weight excluding hydrogens is 245 g/mol. The lowest BCUT2D eigenvalue weighted by Crippen LogP contribution is -2.26. The maximum absolute atomic E-state index is 12.9. The summed E-state index contributed by atoms with van der Waals surface area (Å²) < 4.78 is 38.8. The number of benzene rings is 1. The molecule has 0 unspecified atom stereocenters. The third-order valence-corrected chi connectivity index (χ3v) is 2.69. The van der Waals surface area contributed by atoms with Gasteiger partial charge in [-0.05, 0) is 32.0 Å². The van der Waals surface area contributed by atoms with Crippen molar-refractivity contribution in [2.24, 2.45) is 5.73 Å². The van der Waals surface area contributed by atoms with E-state index >= 15 is 0 Å². The van der Waals surface area contributed by atoms with E-state index in [1.165, 1.54) is 12.1 Å². The van der Waals surface area contributed by atoms with Crippen molar-refractivity contribution in [2.45, 2.75) is 20.0 Å². The van der Waals surface area contributed by atoms with Gasteiger partial charge in [0.1, 0.15) is 0 Å². The highest BCUT2D eigenvalue weighted by Gasteiger charge is 2.35. The minimum atomic E-state index is -4.51. The first-order chi connectivity index (χ1) is 8.31. The van der Waals surface area contributed by atoms with Crippen LogP contribution in [0.2, 0.25) is 0 Å². The molecule has 0 aromatic heterocycles. The minimum absolute atomic E-state index is 0.0671. The summed E-state index contributed by atoms with van der Waals surface area (Å²) in [5.41, 5.74) is 4.09. The molecule has 0 aliphatic carbocycles. The van der Waals surface area contributed by atoms with Crippen LogP contribution in [0.1, 0.15) is 29.8 Å². The maximum atomic E-state index is 12.9. The van der Waals surface area contributed by atoms with Gasteiger partial charge in [-0.3, -0.25) is 4.79 Å². The van der Waals surface area contributed by atoms with Gasteiger partial charge in [0, 0.05) is 24.3 Å². The topological polar surface area (TPSA) is 46.3 Å². The monoisotopic (exact) mass is 260 g/mol. The number of carbonyl (C=O) groups excluding carboxylic acids is 1. The van der Waals surface area contributed by atoms with Crippen LogP contribution >= 0.6 is 0 Å². The van der Waals surface area contributed by atoms with Crippen LogP contribution in [0.4, 0.5) is 18.9 Å². The molecule has 100 valence electrons. The first kappa shape index (κ1) is 14.3. The molecule has 0 heterocycles. The van der Waals surface area contributed by atoms with Crippen molar-refractivity contribution >= 4 is 11.6 Å². The quantitative estimate of drug-likeness (QED) is 0.904. The van der Waals surface area contributed by atoms with Crippen LogP contribution in [-0.4, -0.2) is 19.0 Å². The van der Waals surface area contributed by atoms with E-state index in [9.17, 15) is 18.0 Å². The number of nitrogens with two attached hydrogens (primary N) is 1. The van der Waals surface area contributed by atoms with E-state index in [1.54, 1.807) is 18.7 Å². The van der Waals surface area contributed by atoms with Crippen molar-refractivity contribution in [2.75, 3.05) is 18.0 Å². The van der Waals surface area contributed by atoms with Crippen LogP contribution in [0.3, 0.4) is 0 Å². The van der Waals surface area contributed by atoms with E-state index in [4.69, 9.17) is 5.73 Å². The second kappa shape index (κ2) is 5.29. The Morgan fingerprint density at radius 3 is 2.22 bits per heavy atom. The fourth-order valence-corrected chi connectivity index (χ4v) is 1.76. The largest absolute Gasteiger partial charge is 0.418 e. The lowest BCUT2D eigenvalue weighted by molar-refractivity contribution is -0.137. The Morgan fingerprint density at radius 1 is 1.28 bits per heavy atom. The van der Waals surface area contributed by atoms with Gasteiger partial charge in [-0.1, -0.05) is 0 Å². The summed E-state index contributed by atoms with van der Waals surface area (Å²) in [6.07, 6.45) is -4.51. The SMILES string of the molecule is CCN(CC)c1ccc(C(N)=O)cc1C(F)(F)F. The Labute approximate surface area is 103 Å². The summed E-state index contributed by atoms with van der Waals surface area (Å²) >= 11 is 0. The van der Waals surface area contributed by atoms with E-state index in [0.29, 0.717) is 13.1 Å². The van der Waals surface area contributed by atoms with Crippen LogP contribution < -0.4 is 10.6 Å². The molecule has 0 fully saturated rings. The zero-order chi connectivity index (χ0) is 13.9. The van der Waals surface area contributed by atoms with Gasteiger partial charge in [-0.25, -0.2) is 0 Å². The van der Waals surface area contributed by atoms with Crippen molar-refractivity contribution < 1.29 is 18.0 Å². The maximum Gasteiger partial charge on any atom is 0.418 e. The molecule has 0 radical (unpaired) electrons. The van der Waals surface area contributed by atoms with E-state index in [0.717, 1.165) is 6.07 Å². The molecule has 6 heteroatoms. The number of amides is 1. The van der Waals surface area contributed by atoms with Gasteiger partial charge in [0.15, 0.2) is 0 Å². The summed E-state index contributed by atoms with van der Waals surface area (Å²) in [6, 6.07) is 3.40. The Morgan fingerprint density at radius 2 is 1.83 bits per heavy atom. The zero-order valence-electron chi connectivity index (χ0n) is 10.2. The molecule has 0 saturated carbocycles. The van der Waals surface area contributed by atoms with Crippen LogP contribution in [0.5, 0.6) is 0 Å². The molecule has 0 aliphatic heterocycles. The summed E-state index contributed by atoms with van der Waals surface area (Å²) in [7, 11) is 0. The molecule has 0 saturated heterocycles. The van der Waals surface area contributed by atoms with Gasteiger partial charge in [0.25, 0.3) is 0 Å². The molecule has 18 heavy (non-hydrogen) atoms. The van der Waals surface area contributed by atoms with Gasteiger partial charge in [0.05, 0.1) is 5.56 Å². The third-order valence-electron chi connectivity index (χ3n) is 2.69. The Kier molecular flexibility index (Phi) is 4.21. The smallest absolute Gasteiger partial charge is 0.372 e. The summed E-state index contributed by atoms with van der Waals surface area (Å²) in [4.78, 5) is 12.5. The Balaban J connectivity index is 3.38. The van der Waals surface area contributed by atoms with Crippen molar-refractivity contribution in [1.29, 1.82) is 0 Å². The number of hydrogen-bond acceptors (Lipinski definition) is 2. The standard InChI is InChI=1S/C12H15F3N2O/c1-3-17(4-2)10-6-5-8(11(16)18)7-9(10)12(13,14)15/h5-7H,3-4H2,1-2H3,(H2,16,18). The molecule has 2 N–H and O–H groups in total. The lowest BCUT2D eigenvalue weighted by Gasteiger charge is -2.25. The number of carbonyl (C=O) groups is 1. The first-order valence-electron chi connectivity index (χ1n) is 5.57. The van der Waals surface area contributed by atoms with Crippen molar-refractivity contribution in [3.63, 3.8) is 0 Å². The van der Waals surface area contributed by atoms with Crippen molar-refractivity contribution in [1.82, 2.24) is 0 Å². The number of halogens is 3. The zero-order valence-corrected chi connectivity index (χ0v) is 10.2. The number of hydrogen-bond donors (Lipinski definition) is 1. The molecule has 0 bridgehead atoms. The molecule has 0 aliphatic rings. The first-order valence-corrected chi connectivity index (χ1v) is 5.57. The summed E-state index contributed by atoms with van der Waals surface area (Å²) in [6.45, 7) is 4.45. The second-order valence-corrected chi connectivity index (χ2v) is 3.77. The number of nitrogens with zero attached hydrogens (tertiary/aromatic N) is 1. The number of anilines is 1. The van der Waals surface area contributed by atoms with Gasteiger partial charge in [-0.15, -0.1) is 0 Å². The fourth-order valence-electron chi connectivity index (χ4n) is 1.76. The summed E-state index contributed by atoms with van der Waals surface area (Å²) in [5, 5.41) is 0. The van der Waals surface area contributed by atoms with Gasteiger partial charge in [-0.2, -0.15) is 13.2 Å². The number of primary amides is 1. The molecule has 3 nitrogen and oxygen atoms in total. The van der Waals surface area contributed by atoms with Gasteiger partial charge < -0.3 is 10.6 Å². The molecule has 0 spiro atoms. The lowest BCUT2D eigenvalue weighted by atomic mass is 10.1. The number of alkyl halides is 3. The van der Waals surface area contributed by atoms with E-state index < -0.39 is 17.6 Å². The van der Waals surface area contributed by atoms with E-state index in [-0.39, 0.29) is 11.3 Å². The normalized spacial score (nSPS) is 11.4. The predicted molar refractivity (Wildman–Crippen MR) is 63.5 cm³/mol. The molecular formula is C12H15F3N2O. The highest BCUT2D eigenvalue weighted by molar-refractivity contribution is 5.93. The second-order valence-electron chi connectivity index (χ2n) is 3.77. The molecule has 0 atom stereocenters. The predicted octanol–water partition coefficient (Wildman–Crippen LogP) is 2.65. The van der Waals surface area contributed by atoms with Gasteiger partial charge >= 0.3 is 6.18 Å².